The van der Waals surface area contributed by atoms with Crippen LogP contribution < -0.4 is 0 Å². The summed E-state index contributed by atoms with van der Waals surface area (Å²) in [6.07, 6.45) is 8.30. The number of nitrogens with zero attached hydrogens (tertiary/aromatic N) is 1. The molecule has 2 nitrogen and oxygen atoms in total. The van der Waals surface area contributed by atoms with Crippen LogP contribution in [0.2, 0.25) is 0 Å². The summed E-state index contributed by atoms with van der Waals surface area (Å²) in [5, 5.41) is 0.929. The van der Waals surface area contributed by atoms with E-state index in [0.717, 1.165) is 28.1 Å². The van der Waals surface area contributed by atoms with Crippen molar-refractivity contribution in [3.8, 4) is 0 Å². The van der Waals surface area contributed by atoms with Crippen LogP contribution in [0, 0.1) is 0 Å². The summed E-state index contributed by atoms with van der Waals surface area (Å²) in [5.74, 6) is 0.205. The first-order valence-electron chi connectivity index (χ1n) is 6.88. The van der Waals surface area contributed by atoms with Gasteiger partial charge in [-0.25, -0.2) is 4.98 Å². The Kier molecular flexibility index (Phi) is 3.74. The smallest absolute Gasteiger partial charge is 0.162 e. The van der Waals surface area contributed by atoms with E-state index in [4.69, 9.17) is 0 Å². The number of ketones is 1. The molecule has 2 aromatic rings. The van der Waals surface area contributed by atoms with Crippen molar-refractivity contribution in [3.63, 3.8) is 0 Å². The maximum Gasteiger partial charge on any atom is 0.162 e. The van der Waals surface area contributed by atoms with Crippen molar-refractivity contribution in [3.05, 3.63) is 40.9 Å². The molecule has 1 saturated carbocycles. The van der Waals surface area contributed by atoms with Gasteiger partial charge in [-0.05, 0) is 43.9 Å². The number of allylic oxidation sites excluding steroid dienone is 2. The van der Waals surface area contributed by atoms with Crippen LogP contribution in [0.25, 0.3) is 10.2 Å². The average molecular weight is 271 g/mol. The summed E-state index contributed by atoms with van der Waals surface area (Å²) in [6, 6.07) is 8.05. The van der Waals surface area contributed by atoms with Crippen molar-refractivity contribution < 1.29 is 4.79 Å². The molecule has 0 unspecified atom stereocenters. The number of carbonyl (C=O) groups is 1. The number of benzene rings is 1. The SMILES string of the molecule is O=C(C=C1CCCCC1)Cc1nc2ccccc2s1. The minimum Gasteiger partial charge on any atom is -0.294 e. The lowest BCUT2D eigenvalue weighted by Gasteiger charge is -2.12. The zero-order chi connectivity index (χ0) is 13.1. The van der Waals surface area contributed by atoms with Gasteiger partial charge in [0.1, 0.15) is 5.01 Å². The van der Waals surface area contributed by atoms with Crippen LogP contribution in [0.5, 0.6) is 0 Å². The number of rotatable bonds is 3. The van der Waals surface area contributed by atoms with Gasteiger partial charge in [0.15, 0.2) is 5.78 Å². The summed E-state index contributed by atoms with van der Waals surface area (Å²) < 4.78 is 1.16. The van der Waals surface area contributed by atoms with Gasteiger partial charge < -0.3 is 0 Å². The van der Waals surface area contributed by atoms with Crippen molar-refractivity contribution >= 4 is 27.3 Å². The van der Waals surface area contributed by atoms with Gasteiger partial charge in [0.2, 0.25) is 0 Å². The summed E-state index contributed by atoms with van der Waals surface area (Å²) in [4.78, 5) is 16.6. The third-order valence-corrected chi connectivity index (χ3v) is 4.56. The van der Waals surface area contributed by atoms with E-state index in [1.54, 1.807) is 11.3 Å². The van der Waals surface area contributed by atoms with Crippen molar-refractivity contribution in [1.29, 1.82) is 0 Å². The second-order valence-corrected chi connectivity index (χ2v) is 6.20. The van der Waals surface area contributed by atoms with Crippen LogP contribution in [0.15, 0.2) is 35.9 Å². The van der Waals surface area contributed by atoms with Gasteiger partial charge >= 0.3 is 0 Å². The molecule has 0 radical (unpaired) electrons. The van der Waals surface area contributed by atoms with Crippen molar-refractivity contribution in [2.45, 2.75) is 38.5 Å². The third-order valence-electron chi connectivity index (χ3n) is 3.52. The van der Waals surface area contributed by atoms with Crippen molar-refractivity contribution in [2.75, 3.05) is 0 Å². The van der Waals surface area contributed by atoms with Crippen LogP contribution in [0.4, 0.5) is 0 Å². The van der Waals surface area contributed by atoms with Crippen LogP contribution in [-0.4, -0.2) is 10.8 Å². The monoisotopic (exact) mass is 271 g/mol. The number of para-hydroxylation sites is 1. The Hall–Kier alpha value is -1.48. The molecule has 1 aromatic heterocycles. The molecule has 1 heterocycles. The first kappa shape index (κ1) is 12.5. The quantitative estimate of drug-likeness (QED) is 0.779. The van der Waals surface area contributed by atoms with Gasteiger partial charge in [0.25, 0.3) is 0 Å². The van der Waals surface area contributed by atoms with E-state index in [2.05, 4.69) is 11.1 Å². The maximum atomic E-state index is 12.0. The van der Waals surface area contributed by atoms with Crippen LogP contribution in [0.1, 0.15) is 37.1 Å². The summed E-state index contributed by atoms with van der Waals surface area (Å²) in [6.45, 7) is 0. The van der Waals surface area contributed by atoms with Gasteiger partial charge in [-0.1, -0.05) is 24.1 Å². The standard InChI is InChI=1S/C16H17NOS/c18-13(10-12-6-2-1-3-7-12)11-16-17-14-8-4-5-9-15(14)19-16/h4-5,8-10H,1-3,6-7,11H2. The predicted octanol–water partition coefficient (Wildman–Crippen LogP) is 4.30. The molecule has 0 spiro atoms. The fraction of sp³-hybridized carbons (Fsp3) is 0.375. The van der Waals surface area contributed by atoms with Gasteiger partial charge in [0.05, 0.1) is 16.6 Å². The minimum absolute atomic E-state index is 0.205. The number of carbonyl (C=O) groups excluding carboxylic acids is 1. The molecule has 98 valence electrons. The van der Waals surface area contributed by atoms with Crippen LogP contribution >= 0.6 is 11.3 Å². The molecule has 3 heteroatoms. The topological polar surface area (TPSA) is 30.0 Å². The van der Waals surface area contributed by atoms with E-state index < -0.39 is 0 Å². The highest BCUT2D eigenvalue weighted by Crippen LogP contribution is 2.24. The highest BCUT2D eigenvalue weighted by molar-refractivity contribution is 7.18. The van der Waals surface area contributed by atoms with E-state index in [-0.39, 0.29) is 5.78 Å². The largest absolute Gasteiger partial charge is 0.294 e. The van der Waals surface area contributed by atoms with Gasteiger partial charge in [0, 0.05) is 0 Å². The van der Waals surface area contributed by atoms with Crippen LogP contribution in [0.3, 0.4) is 0 Å². The molecule has 0 amide bonds. The predicted molar refractivity (Wildman–Crippen MR) is 79.5 cm³/mol. The Balaban J connectivity index is 1.71. The number of fused-ring (bicyclic) bond motifs is 1. The van der Waals surface area contributed by atoms with Gasteiger partial charge in [-0.3, -0.25) is 4.79 Å². The Morgan fingerprint density at radius 3 is 2.79 bits per heavy atom. The number of hydrogen-bond donors (Lipinski definition) is 0. The van der Waals surface area contributed by atoms with Crippen molar-refractivity contribution in [2.24, 2.45) is 0 Å². The second kappa shape index (κ2) is 5.66. The fourth-order valence-electron chi connectivity index (χ4n) is 2.57. The molecular formula is C16H17NOS. The first-order valence-corrected chi connectivity index (χ1v) is 7.69. The molecule has 0 atom stereocenters. The third kappa shape index (κ3) is 3.10. The van der Waals surface area contributed by atoms with E-state index in [1.165, 1.54) is 24.8 Å². The highest BCUT2D eigenvalue weighted by atomic mass is 32.1. The molecule has 0 saturated heterocycles. The second-order valence-electron chi connectivity index (χ2n) is 5.08. The highest BCUT2D eigenvalue weighted by Gasteiger charge is 2.10. The molecule has 1 fully saturated rings. The maximum absolute atomic E-state index is 12.0. The molecule has 0 N–H and O–H groups in total. The van der Waals surface area contributed by atoms with E-state index in [0.29, 0.717) is 6.42 Å². The fourth-order valence-corrected chi connectivity index (χ4v) is 3.55. The average Bonchev–Trinajstić information content (AvgIpc) is 2.81. The molecule has 0 aliphatic heterocycles. The normalized spacial score (nSPS) is 15.7. The Labute approximate surface area is 117 Å². The first-order chi connectivity index (χ1) is 9.31. The van der Waals surface area contributed by atoms with Crippen LogP contribution in [-0.2, 0) is 11.2 Å². The lowest BCUT2D eigenvalue weighted by atomic mass is 9.94. The molecule has 19 heavy (non-hydrogen) atoms. The number of thiazole rings is 1. The summed E-state index contributed by atoms with van der Waals surface area (Å²) in [5.41, 5.74) is 2.33. The molecule has 1 aliphatic rings. The summed E-state index contributed by atoms with van der Waals surface area (Å²) in [7, 11) is 0. The van der Waals surface area contributed by atoms with Gasteiger partial charge in [-0.2, -0.15) is 0 Å². The number of hydrogen-bond acceptors (Lipinski definition) is 3. The van der Waals surface area contributed by atoms with E-state index in [9.17, 15) is 4.79 Å². The molecule has 0 bridgehead atoms. The minimum atomic E-state index is 0.205. The lowest BCUT2D eigenvalue weighted by molar-refractivity contribution is -0.114. The Morgan fingerprint density at radius 1 is 1.21 bits per heavy atom. The van der Waals surface area contributed by atoms with E-state index >= 15 is 0 Å². The Bertz CT molecular complexity index is 585. The van der Waals surface area contributed by atoms with Gasteiger partial charge in [-0.15, -0.1) is 11.3 Å². The molecule has 1 aromatic carbocycles. The molecular weight excluding hydrogens is 254 g/mol. The Morgan fingerprint density at radius 2 is 2.00 bits per heavy atom. The zero-order valence-electron chi connectivity index (χ0n) is 10.9. The lowest BCUT2D eigenvalue weighted by Crippen LogP contribution is -2.02. The molecule has 3 rings (SSSR count). The zero-order valence-corrected chi connectivity index (χ0v) is 11.7. The summed E-state index contributed by atoms with van der Waals surface area (Å²) >= 11 is 1.63. The molecule has 1 aliphatic carbocycles. The number of aromatic nitrogens is 1. The van der Waals surface area contributed by atoms with E-state index in [1.807, 2.05) is 24.3 Å². The van der Waals surface area contributed by atoms with Crippen molar-refractivity contribution in [1.82, 2.24) is 4.98 Å².